The van der Waals surface area contributed by atoms with E-state index in [0.717, 1.165) is 16.6 Å². The molecule has 5 rings (SSSR count). The van der Waals surface area contributed by atoms with Crippen LogP contribution in [-0.4, -0.2) is 32.5 Å². The third kappa shape index (κ3) is 4.67. The molecule has 1 amide bonds. The van der Waals surface area contributed by atoms with Gasteiger partial charge in [0.15, 0.2) is 0 Å². The molecule has 0 aliphatic rings. The van der Waals surface area contributed by atoms with Gasteiger partial charge in [0, 0.05) is 11.8 Å². The zero-order valence-electron chi connectivity index (χ0n) is 19.3. The van der Waals surface area contributed by atoms with Crippen LogP contribution in [0.25, 0.3) is 16.9 Å². The summed E-state index contributed by atoms with van der Waals surface area (Å²) in [6.07, 6.45) is 3.47. The van der Waals surface area contributed by atoms with E-state index < -0.39 is 0 Å². The maximum atomic E-state index is 12.9. The van der Waals surface area contributed by atoms with Gasteiger partial charge in [-0.3, -0.25) is 9.36 Å². The van der Waals surface area contributed by atoms with Crippen LogP contribution in [0.5, 0.6) is 5.75 Å². The highest BCUT2D eigenvalue weighted by molar-refractivity contribution is 6.05. The summed E-state index contributed by atoms with van der Waals surface area (Å²) in [5.41, 5.74) is 3.96. The molecule has 0 saturated carbocycles. The Bertz CT molecular complexity index is 1500. The zero-order chi connectivity index (χ0) is 24.2. The summed E-state index contributed by atoms with van der Waals surface area (Å²) in [6, 6.07) is 24.4. The molecule has 2 N–H and O–H groups in total. The minimum atomic E-state index is -0.214. The molecule has 0 bridgehead atoms. The Kier molecular flexibility index (Phi) is 6.09. The van der Waals surface area contributed by atoms with Crippen molar-refractivity contribution >= 4 is 28.6 Å². The van der Waals surface area contributed by atoms with Crippen molar-refractivity contribution in [3.63, 3.8) is 0 Å². The highest BCUT2D eigenvalue weighted by Crippen LogP contribution is 2.25. The summed E-state index contributed by atoms with van der Waals surface area (Å²) in [5, 5.41) is 6.25. The van der Waals surface area contributed by atoms with Crippen molar-refractivity contribution in [2.75, 3.05) is 17.7 Å². The van der Waals surface area contributed by atoms with Gasteiger partial charge >= 0.3 is 0 Å². The van der Waals surface area contributed by atoms with Crippen LogP contribution in [0.4, 0.5) is 11.6 Å². The Morgan fingerprint density at radius 1 is 0.971 bits per heavy atom. The molecule has 2 heterocycles. The minimum Gasteiger partial charge on any atom is -0.495 e. The van der Waals surface area contributed by atoms with Crippen LogP contribution < -0.4 is 15.4 Å². The van der Waals surface area contributed by atoms with E-state index in [0.29, 0.717) is 28.8 Å². The zero-order valence-corrected chi connectivity index (χ0v) is 19.3. The van der Waals surface area contributed by atoms with E-state index in [4.69, 9.17) is 4.74 Å². The molecule has 0 fully saturated rings. The standard InChI is InChI=1S/C27H24N6O2/c1-18(19-8-7-9-20(16-19)26(34)31-22-11-4-6-13-24(22)35-2)30-27-28-15-14-25(32-27)33-17-29-21-10-3-5-12-23(21)33/h3-18H,1-2H3,(H,31,34)(H,28,30,32)/t18-/m0/s1. The van der Waals surface area contributed by atoms with Crippen molar-refractivity contribution in [3.8, 4) is 11.6 Å². The molecule has 1 atom stereocenters. The van der Waals surface area contributed by atoms with E-state index in [2.05, 4.69) is 25.6 Å². The predicted octanol–water partition coefficient (Wildman–Crippen LogP) is 5.25. The van der Waals surface area contributed by atoms with Gasteiger partial charge in [0.1, 0.15) is 17.9 Å². The summed E-state index contributed by atoms with van der Waals surface area (Å²) in [6.45, 7) is 2.00. The van der Waals surface area contributed by atoms with Crippen LogP contribution in [0.15, 0.2) is 91.4 Å². The molecule has 8 nitrogen and oxygen atoms in total. The van der Waals surface area contributed by atoms with Gasteiger partial charge in [-0.1, -0.05) is 36.4 Å². The lowest BCUT2D eigenvalue weighted by Gasteiger charge is -2.16. The summed E-state index contributed by atoms with van der Waals surface area (Å²) in [4.78, 5) is 26.4. The van der Waals surface area contributed by atoms with Gasteiger partial charge in [-0.05, 0) is 55.0 Å². The second kappa shape index (κ2) is 9.64. The monoisotopic (exact) mass is 464 g/mol. The molecule has 0 saturated heterocycles. The van der Waals surface area contributed by atoms with Crippen molar-refractivity contribution in [1.29, 1.82) is 0 Å². The van der Waals surface area contributed by atoms with Gasteiger partial charge in [-0.25, -0.2) is 9.97 Å². The van der Waals surface area contributed by atoms with Gasteiger partial charge < -0.3 is 15.4 Å². The van der Waals surface area contributed by atoms with Crippen molar-refractivity contribution in [1.82, 2.24) is 19.5 Å². The van der Waals surface area contributed by atoms with Crippen molar-refractivity contribution in [2.24, 2.45) is 0 Å². The van der Waals surface area contributed by atoms with Crippen LogP contribution in [-0.2, 0) is 0 Å². The molecular formula is C27H24N6O2. The third-order valence-corrected chi connectivity index (χ3v) is 5.69. The molecule has 5 aromatic rings. The normalized spacial score (nSPS) is 11.7. The van der Waals surface area contributed by atoms with Gasteiger partial charge in [-0.2, -0.15) is 4.98 Å². The van der Waals surface area contributed by atoms with Crippen LogP contribution in [0.1, 0.15) is 28.9 Å². The molecule has 35 heavy (non-hydrogen) atoms. The Labute approximate surface area is 202 Å². The number of hydrogen-bond acceptors (Lipinski definition) is 6. The first kappa shape index (κ1) is 22.1. The highest BCUT2D eigenvalue weighted by Gasteiger charge is 2.14. The number of fused-ring (bicyclic) bond motifs is 1. The number of aromatic nitrogens is 4. The minimum absolute atomic E-state index is 0.135. The second-order valence-electron chi connectivity index (χ2n) is 7.99. The quantitative estimate of drug-likeness (QED) is 0.342. The topological polar surface area (TPSA) is 94.0 Å². The molecule has 0 aliphatic carbocycles. The molecule has 3 aromatic carbocycles. The van der Waals surface area contributed by atoms with Gasteiger partial charge in [-0.15, -0.1) is 0 Å². The lowest BCUT2D eigenvalue weighted by Crippen LogP contribution is -2.15. The maximum Gasteiger partial charge on any atom is 0.255 e. The molecule has 8 heteroatoms. The first-order valence-electron chi connectivity index (χ1n) is 11.2. The van der Waals surface area contributed by atoms with Crippen molar-refractivity contribution in [2.45, 2.75) is 13.0 Å². The Morgan fingerprint density at radius 3 is 2.69 bits per heavy atom. The van der Waals surface area contributed by atoms with Crippen LogP contribution >= 0.6 is 0 Å². The molecule has 0 aliphatic heterocycles. The summed E-state index contributed by atoms with van der Waals surface area (Å²) in [5.74, 6) is 1.59. The van der Waals surface area contributed by atoms with E-state index in [1.807, 2.05) is 72.2 Å². The summed E-state index contributed by atoms with van der Waals surface area (Å²) >= 11 is 0. The number of carbonyl (C=O) groups excluding carboxylic acids is 1. The Balaban J connectivity index is 1.33. The highest BCUT2D eigenvalue weighted by atomic mass is 16.5. The van der Waals surface area contributed by atoms with Crippen LogP contribution in [0, 0.1) is 0 Å². The van der Waals surface area contributed by atoms with Crippen LogP contribution in [0.2, 0.25) is 0 Å². The van der Waals surface area contributed by atoms with Gasteiger partial charge in [0.25, 0.3) is 5.91 Å². The van der Waals surface area contributed by atoms with E-state index in [1.165, 1.54) is 0 Å². The number of carbonyl (C=O) groups is 1. The SMILES string of the molecule is COc1ccccc1NC(=O)c1cccc([C@H](C)Nc2nccc(-n3cnc4ccccc43)n2)c1. The second-order valence-corrected chi connectivity index (χ2v) is 7.99. The molecule has 0 spiro atoms. The number of para-hydroxylation sites is 4. The number of nitrogens with one attached hydrogen (secondary N) is 2. The number of rotatable bonds is 7. The number of ether oxygens (including phenoxy) is 1. The van der Waals surface area contributed by atoms with Gasteiger partial charge in [0.05, 0.1) is 29.9 Å². The Hall–Kier alpha value is -4.72. The molecular weight excluding hydrogens is 440 g/mol. The molecule has 174 valence electrons. The van der Waals surface area contributed by atoms with Crippen LogP contribution in [0.3, 0.4) is 0 Å². The average Bonchev–Trinajstić information content (AvgIpc) is 3.33. The fraction of sp³-hybridized carbons (Fsp3) is 0.111. The van der Waals surface area contributed by atoms with E-state index in [9.17, 15) is 4.79 Å². The molecule has 0 unspecified atom stereocenters. The largest absolute Gasteiger partial charge is 0.495 e. The number of anilines is 2. The van der Waals surface area contributed by atoms with Crippen molar-refractivity contribution in [3.05, 3.63) is 103 Å². The van der Waals surface area contributed by atoms with E-state index >= 15 is 0 Å². The third-order valence-electron chi connectivity index (χ3n) is 5.69. The number of nitrogens with zero attached hydrogens (tertiary/aromatic N) is 4. The smallest absolute Gasteiger partial charge is 0.255 e. The fourth-order valence-electron chi connectivity index (χ4n) is 3.86. The van der Waals surface area contributed by atoms with E-state index in [-0.39, 0.29) is 11.9 Å². The number of methoxy groups -OCH3 is 1. The number of benzene rings is 3. The lowest BCUT2D eigenvalue weighted by molar-refractivity contribution is 0.102. The fourth-order valence-corrected chi connectivity index (χ4v) is 3.86. The lowest BCUT2D eigenvalue weighted by atomic mass is 10.0. The maximum absolute atomic E-state index is 12.9. The Morgan fingerprint density at radius 2 is 1.80 bits per heavy atom. The first-order valence-corrected chi connectivity index (χ1v) is 11.2. The first-order chi connectivity index (χ1) is 17.1. The number of hydrogen-bond donors (Lipinski definition) is 2. The molecule has 2 aromatic heterocycles. The number of amides is 1. The molecule has 0 radical (unpaired) electrons. The summed E-state index contributed by atoms with van der Waals surface area (Å²) < 4.78 is 7.25. The average molecular weight is 465 g/mol. The predicted molar refractivity (Wildman–Crippen MR) is 136 cm³/mol. The summed E-state index contributed by atoms with van der Waals surface area (Å²) in [7, 11) is 1.57. The van der Waals surface area contributed by atoms with Crippen molar-refractivity contribution < 1.29 is 9.53 Å². The van der Waals surface area contributed by atoms with Gasteiger partial charge in [0.2, 0.25) is 5.95 Å². The number of imidazole rings is 1. The van der Waals surface area contributed by atoms with E-state index in [1.54, 1.807) is 37.8 Å².